The summed E-state index contributed by atoms with van der Waals surface area (Å²) < 4.78 is 3.88. The van der Waals surface area contributed by atoms with Crippen LogP contribution in [-0.2, 0) is 13.6 Å². The number of halogens is 1. The Balaban J connectivity index is 2.19. The lowest BCUT2D eigenvalue weighted by Crippen LogP contribution is -2.10. The fourth-order valence-electron chi connectivity index (χ4n) is 2.21. The maximum atomic E-state index is 6.26. The lowest BCUT2D eigenvalue weighted by atomic mass is 10.3. The smallest absolute Gasteiger partial charge is 0.160 e. The lowest BCUT2D eigenvalue weighted by molar-refractivity contribution is 0.671. The average molecular weight is 291 g/mol. The van der Waals surface area contributed by atoms with Crippen LogP contribution in [0.5, 0.6) is 0 Å². The molecule has 0 saturated heterocycles. The number of pyridine rings is 1. The minimum atomic E-state index is -0.197. The molecule has 0 aliphatic carbocycles. The molecule has 0 fully saturated rings. The predicted octanol–water partition coefficient (Wildman–Crippen LogP) is 2.22. The standard InChI is InChI=1S/C13H15ClN6/c1-8-4-5-15-13-11(8)17-12(9(2)14)20(13)6-10-18-16-7-19(10)3/h4-5,7,9H,6H2,1-3H3. The number of alkyl halides is 1. The van der Waals surface area contributed by atoms with Crippen molar-refractivity contribution in [3.8, 4) is 0 Å². The van der Waals surface area contributed by atoms with E-state index < -0.39 is 0 Å². The molecule has 0 spiro atoms. The molecule has 3 aromatic rings. The van der Waals surface area contributed by atoms with E-state index in [4.69, 9.17) is 11.6 Å². The SMILES string of the molecule is Cc1ccnc2c1nc(C(C)Cl)n2Cc1nncn1C. The number of fused-ring (bicyclic) bond motifs is 1. The Morgan fingerprint density at radius 2 is 2.20 bits per heavy atom. The maximum Gasteiger partial charge on any atom is 0.160 e. The Labute approximate surface area is 121 Å². The van der Waals surface area contributed by atoms with Gasteiger partial charge in [-0.1, -0.05) is 0 Å². The van der Waals surface area contributed by atoms with Gasteiger partial charge in [0.1, 0.15) is 17.7 Å². The van der Waals surface area contributed by atoms with Crippen LogP contribution >= 0.6 is 11.6 Å². The topological polar surface area (TPSA) is 61.4 Å². The van der Waals surface area contributed by atoms with Crippen molar-refractivity contribution in [1.82, 2.24) is 29.3 Å². The van der Waals surface area contributed by atoms with Gasteiger partial charge in [-0.3, -0.25) is 0 Å². The molecule has 0 aliphatic rings. The van der Waals surface area contributed by atoms with Crippen molar-refractivity contribution < 1.29 is 0 Å². The molecule has 0 aliphatic heterocycles. The summed E-state index contributed by atoms with van der Waals surface area (Å²) in [6.45, 7) is 4.48. The Kier molecular flexibility index (Phi) is 3.17. The summed E-state index contributed by atoms with van der Waals surface area (Å²) in [4.78, 5) is 9.07. The summed E-state index contributed by atoms with van der Waals surface area (Å²) >= 11 is 6.26. The highest BCUT2D eigenvalue weighted by Gasteiger charge is 2.18. The Bertz CT molecular complexity index is 757. The summed E-state index contributed by atoms with van der Waals surface area (Å²) in [5.41, 5.74) is 2.80. The van der Waals surface area contributed by atoms with Crippen LogP contribution in [0.25, 0.3) is 11.2 Å². The molecule has 20 heavy (non-hydrogen) atoms. The van der Waals surface area contributed by atoms with Crippen LogP contribution in [0.1, 0.15) is 29.5 Å². The van der Waals surface area contributed by atoms with E-state index in [1.165, 1.54) is 0 Å². The number of aromatic nitrogens is 6. The highest BCUT2D eigenvalue weighted by Crippen LogP contribution is 2.25. The minimum absolute atomic E-state index is 0.197. The van der Waals surface area contributed by atoms with Crippen LogP contribution in [0.15, 0.2) is 18.6 Å². The molecule has 0 bridgehead atoms. The normalized spacial score (nSPS) is 13.0. The van der Waals surface area contributed by atoms with Crippen LogP contribution in [0, 0.1) is 6.92 Å². The minimum Gasteiger partial charge on any atom is -0.319 e. The van der Waals surface area contributed by atoms with Gasteiger partial charge in [-0.2, -0.15) is 0 Å². The van der Waals surface area contributed by atoms with Crippen LogP contribution in [0.3, 0.4) is 0 Å². The van der Waals surface area contributed by atoms with Gasteiger partial charge in [0, 0.05) is 13.2 Å². The Hall–Kier alpha value is -1.95. The molecule has 3 aromatic heterocycles. The molecule has 6 nitrogen and oxygen atoms in total. The summed E-state index contributed by atoms with van der Waals surface area (Å²) in [5.74, 6) is 1.64. The van der Waals surface area contributed by atoms with Crippen molar-refractivity contribution in [2.75, 3.05) is 0 Å². The molecule has 104 valence electrons. The first-order chi connectivity index (χ1) is 9.58. The molecule has 7 heteroatoms. The molecule has 0 amide bonds. The number of nitrogens with zero attached hydrogens (tertiary/aromatic N) is 6. The van der Waals surface area contributed by atoms with Gasteiger partial charge in [0.05, 0.1) is 11.9 Å². The van der Waals surface area contributed by atoms with Crippen molar-refractivity contribution in [2.45, 2.75) is 25.8 Å². The highest BCUT2D eigenvalue weighted by atomic mass is 35.5. The molecule has 3 rings (SSSR count). The number of aryl methyl sites for hydroxylation is 2. The van der Waals surface area contributed by atoms with Crippen molar-refractivity contribution in [2.24, 2.45) is 7.05 Å². The third-order valence-electron chi connectivity index (χ3n) is 3.33. The quantitative estimate of drug-likeness (QED) is 0.694. The second kappa shape index (κ2) is 4.86. The summed E-state index contributed by atoms with van der Waals surface area (Å²) in [5, 5.41) is 7.82. The summed E-state index contributed by atoms with van der Waals surface area (Å²) in [6.07, 6.45) is 3.46. The van der Waals surface area contributed by atoms with Gasteiger partial charge in [-0.25, -0.2) is 9.97 Å². The molecule has 3 heterocycles. The molecular weight excluding hydrogens is 276 g/mol. The van der Waals surface area contributed by atoms with E-state index in [0.717, 1.165) is 28.4 Å². The third-order valence-corrected chi connectivity index (χ3v) is 3.52. The predicted molar refractivity (Wildman–Crippen MR) is 76.6 cm³/mol. The van der Waals surface area contributed by atoms with Crippen LogP contribution in [0.2, 0.25) is 0 Å². The molecule has 0 radical (unpaired) electrons. The molecule has 0 saturated carbocycles. The van der Waals surface area contributed by atoms with E-state index in [1.54, 1.807) is 12.5 Å². The van der Waals surface area contributed by atoms with Crippen LogP contribution < -0.4 is 0 Å². The first-order valence-electron chi connectivity index (χ1n) is 6.36. The average Bonchev–Trinajstić information content (AvgIpc) is 2.96. The Morgan fingerprint density at radius 3 is 2.85 bits per heavy atom. The second-order valence-corrected chi connectivity index (χ2v) is 5.48. The van der Waals surface area contributed by atoms with Gasteiger partial charge in [-0.15, -0.1) is 21.8 Å². The van der Waals surface area contributed by atoms with Crippen LogP contribution in [-0.4, -0.2) is 29.3 Å². The van der Waals surface area contributed by atoms with Crippen molar-refractivity contribution in [3.63, 3.8) is 0 Å². The van der Waals surface area contributed by atoms with Gasteiger partial charge in [0.25, 0.3) is 0 Å². The van der Waals surface area contributed by atoms with Crippen molar-refractivity contribution in [1.29, 1.82) is 0 Å². The van der Waals surface area contributed by atoms with E-state index in [-0.39, 0.29) is 5.38 Å². The van der Waals surface area contributed by atoms with E-state index in [1.807, 2.05) is 36.1 Å². The zero-order valence-corrected chi connectivity index (χ0v) is 12.3. The number of hydrogen-bond donors (Lipinski definition) is 0. The fourth-order valence-corrected chi connectivity index (χ4v) is 2.37. The lowest BCUT2D eigenvalue weighted by Gasteiger charge is -2.09. The zero-order chi connectivity index (χ0) is 14.3. The largest absolute Gasteiger partial charge is 0.319 e. The molecule has 0 N–H and O–H groups in total. The summed E-state index contributed by atoms with van der Waals surface area (Å²) in [6, 6.07) is 1.95. The van der Waals surface area contributed by atoms with Crippen molar-refractivity contribution in [3.05, 3.63) is 35.8 Å². The second-order valence-electron chi connectivity index (χ2n) is 4.83. The highest BCUT2D eigenvalue weighted by molar-refractivity contribution is 6.20. The van der Waals surface area contributed by atoms with Crippen LogP contribution in [0.4, 0.5) is 0 Å². The molecular formula is C13H15ClN6. The number of imidazole rings is 1. The summed E-state index contributed by atoms with van der Waals surface area (Å²) in [7, 11) is 1.91. The van der Waals surface area contributed by atoms with E-state index in [2.05, 4.69) is 20.2 Å². The van der Waals surface area contributed by atoms with E-state index >= 15 is 0 Å². The molecule has 1 atom stereocenters. The third kappa shape index (κ3) is 2.06. The van der Waals surface area contributed by atoms with Gasteiger partial charge in [0.2, 0.25) is 0 Å². The van der Waals surface area contributed by atoms with E-state index in [9.17, 15) is 0 Å². The zero-order valence-electron chi connectivity index (χ0n) is 11.6. The van der Waals surface area contributed by atoms with Crippen molar-refractivity contribution >= 4 is 22.8 Å². The number of rotatable bonds is 3. The fraction of sp³-hybridized carbons (Fsp3) is 0.385. The van der Waals surface area contributed by atoms with Gasteiger partial charge < -0.3 is 9.13 Å². The molecule has 0 aromatic carbocycles. The maximum absolute atomic E-state index is 6.26. The monoisotopic (exact) mass is 290 g/mol. The molecule has 1 unspecified atom stereocenters. The Morgan fingerprint density at radius 1 is 1.40 bits per heavy atom. The van der Waals surface area contributed by atoms with E-state index in [0.29, 0.717) is 6.54 Å². The van der Waals surface area contributed by atoms with Gasteiger partial charge in [-0.05, 0) is 25.5 Å². The number of hydrogen-bond acceptors (Lipinski definition) is 4. The first-order valence-corrected chi connectivity index (χ1v) is 6.80. The first kappa shape index (κ1) is 13.1. The van der Waals surface area contributed by atoms with Gasteiger partial charge >= 0.3 is 0 Å². The van der Waals surface area contributed by atoms with Gasteiger partial charge in [0.15, 0.2) is 11.5 Å².